The molecular weight excluding hydrogens is 599 g/mol. The summed E-state index contributed by atoms with van der Waals surface area (Å²) in [4.78, 5) is 29.2. The number of carbonyl (C=O) groups is 2. The van der Waals surface area contributed by atoms with E-state index < -0.39 is 74.0 Å². The van der Waals surface area contributed by atoms with Crippen LogP contribution in [0.15, 0.2) is 24.5 Å². The second-order valence-corrected chi connectivity index (χ2v) is 11.7. The zero-order valence-corrected chi connectivity index (χ0v) is 23.5. The fourth-order valence-electron chi connectivity index (χ4n) is 5.86. The monoisotopic (exact) mass is 631 g/mol. The van der Waals surface area contributed by atoms with Gasteiger partial charge in [0.2, 0.25) is 11.8 Å². The van der Waals surface area contributed by atoms with Crippen molar-refractivity contribution in [1.82, 2.24) is 29.7 Å². The number of alkyl halides is 7. The fourth-order valence-corrected chi connectivity index (χ4v) is 5.86. The Hall–Kier alpha value is -3.72. The molecule has 9 nitrogen and oxygen atoms in total. The summed E-state index contributed by atoms with van der Waals surface area (Å²) >= 11 is 0. The van der Waals surface area contributed by atoms with Crippen LogP contribution >= 0.6 is 0 Å². The lowest BCUT2D eigenvalue weighted by atomic mass is 9.76. The van der Waals surface area contributed by atoms with E-state index >= 15 is 0 Å². The van der Waals surface area contributed by atoms with Crippen molar-refractivity contribution in [3.05, 3.63) is 47.2 Å². The Morgan fingerprint density at radius 2 is 1.73 bits per heavy atom. The molecule has 3 aromatic heterocycles. The van der Waals surface area contributed by atoms with Crippen LogP contribution in [-0.4, -0.2) is 61.6 Å². The quantitative estimate of drug-likeness (QED) is 0.261. The first kappa shape index (κ1) is 31.7. The molecule has 3 heterocycles. The number of rotatable bonds is 12. The maximum Gasteiger partial charge on any atom is 0.389 e. The molecule has 0 saturated heterocycles. The molecular formula is C28H32F7N7O2. The summed E-state index contributed by atoms with van der Waals surface area (Å²) in [5, 5.41) is 11.4. The topological polar surface area (TPSA) is 120 Å². The highest BCUT2D eigenvalue weighted by Gasteiger charge is 2.41. The van der Waals surface area contributed by atoms with Gasteiger partial charge in [-0.25, -0.2) is 27.1 Å². The fraction of sp³-hybridized carbons (Fsp3) is 0.607. The number of nitrogens with zero attached hydrogens (tertiary/aromatic N) is 5. The third-order valence-corrected chi connectivity index (χ3v) is 8.34. The van der Waals surface area contributed by atoms with Gasteiger partial charge in [0.15, 0.2) is 5.65 Å². The molecule has 0 bridgehead atoms. The van der Waals surface area contributed by atoms with Gasteiger partial charge in [0, 0.05) is 25.2 Å². The van der Waals surface area contributed by atoms with E-state index in [4.69, 9.17) is 5.73 Å². The number of hydrogen-bond donors (Lipinski definition) is 2. The van der Waals surface area contributed by atoms with E-state index in [2.05, 4.69) is 20.5 Å². The summed E-state index contributed by atoms with van der Waals surface area (Å²) in [6, 6.07) is 0.974. The third kappa shape index (κ3) is 7.15. The van der Waals surface area contributed by atoms with Crippen LogP contribution in [0.4, 0.5) is 30.7 Å². The van der Waals surface area contributed by atoms with E-state index in [1.165, 1.54) is 16.8 Å². The largest absolute Gasteiger partial charge is 0.389 e. The van der Waals surface area contributed by atoms with Crippen LogP contribution in [0.5, 0.6) is 0 Å². The molecule has 0 aliphatic heterocycles. The molecule has 2 fully saturated rings. The van der Waals surface area contributed by atoms with Crippen LogP contribution in [0.3, 0.4) is 0 Å². The number of hydrogen-bond acceptors (Lipinski definition) is 5. The maximum absolute atomic E-state index is 14.1. The van der Waals surface area contributed by atoms with Crippen molar-refractivity contribution in [3.8, 4) is 0 Å². The van der Waals surface area contributed by atoms with Crippen LogP contribution in [0.25, 0.3) is 5.65 Å². The molecule has 16 heteroatoms. The minimum atomic E-state index is -4.46. The van der Waals surface area contributed by atoms with Gasteiger partial charge in [0.1, 0.15) is 25.1 Å². The lowest BCUT2D eigenvalue weighted by Gasteiger charge is -2.32. The van der Waals surface area contributed by atoms with Gasteiger partial charge in [-0.3, -0.25) is 14.3 Å². The van der Waals surface area contributed by atoms with Gasteiger partial charge in [0.25, 0.3) is 5.91 Å². The van der Waals surface area contributed by atoms with Crippen LogP contribution in [0.1, 0.15) is 96.8 Å². The van der Waals surface area contributed by atoms with E-state index in [-0.39, 0.29) is 43.0 Å². The first-order valence-electron chi connectivity index (χ1n) is 14.4. The Morgan fingerprint density at radius 3 is 2.32 bits per heavy atom. The summed E-state index contributed by atoms with van der Waals surface area (Å²) in [6.07, 6.45) is -2.41. The molecule has 2 aliphatic carbocycles. The van der Waals surface area contributed by atoms with Gasteiger partial charge in [-0.2, -0.15) is 23.4 Å². The molecule has 3 aromatic rings. The highest BCUT2D eigenvalue weighted by atomic mass is 19.4. The van der Waals surface area contributed by atoms with E-state index in [9.17, 15) is 40.3 Å². The second-order valence-electron chi connectivity index (χ2n) is 11.7. The minimum Gasteiger partial charge on any atom is -0.364 e. The predicted molar refractivity (Wildman–Crippen MR) is 142 cm³/mol. The molecule has 2 amide bonds. The van der Waals surface area contributed by atoms with Crippen molar-refractivity contribution < 1.29 is 40.3 Å². The summed E-state index contributed by atoms with van der Waals surface area (Å²) < 4.78 is 95.6. The lowest BCUT2D eigenvalue weighted by molar-refractivity contribution is -0.144. The van der Waals surface area contributed by atoms with Crippen LogP contribution < -0.4 is 11.1 Å². The first-order valence-corrected chi connectivity index (χ1v) is 14.4. The van der Waals surface area contributed by atoms with Crippen molar-refractivity contribution in [1.29, 1.82) is 0 Å². The maximum atomic E-state index is 14.1. The highest BCUT2D eigenvalue weighted by Crippen LogP contribution is 2.45. The standard InChI is InChI=1S/C28H32F7N7O2/c29-11-18(12-30)42-21(26(36)44)10-19(40-42)24(15-3-6-27(31,32)7-4-15)20-14-41-22(38-20)9-17(13-37-41)25(16-1-2-16)39-23(43)5-8-28(33,34)35/h9-10,13-16,18,24-25H,1-8,11-12H2,(H2,36,44)(H,39,43)/t24-,25-/m1/s1. The molecule has 3 N–H and O–H groups in total. The Bertz CT molecular complexity index is 1490. The number of amides is 2. The van der Waals surface area contributed by atoms with Crippen molar-refractivity contribution in [2.75, 3.05) is 13.3 Å². The van der Waals surface area contributed by atoms with E-state index in [0.717, 1.165) is 17.5 Å². The van der Waals surface area contributed by atoms with Gasteiger partial charge in [-0.05, 0) is 55.2 Å². The number of imidazole rings is 1. The number of carbonyl (C=O) groups excluding carboxylic acids is 2. The molecule has 2 saturated carbocycles. The highest BCUT2D eigenvalue weighted by molar-refractivity contribution is 5.91. The Kier molecular flexibility index (Phi) is 8.89. The lowest BCUT2D eigenvalue weighted by Crippen LogP contribution is -2.30. The summed E-state index contributed by atoms with van der Waals surface area (Å²) in [6.45, 7) is -2.32. The van der Waals surface area contributed by atoms with Crippen molar-refractivity contribution >= 4 is 17.5 Å². The van der Waals surface area contributed by atoms with Gasteiger partial charge >= 0.3 is 6.18 Å². The van der Waals surface area contributed by atoms with Crippen molar-refractivity contribution in [2.24, 2.45) is 17.6 Å². The van der Waals surface area contributed by atoms with Crippen LogP contribution in [0.2, 0.25) is 0 Å². The van der Waals surface area contributed by atoms with E-state index in [1.54, 1.807) is 12.3 Å². The number of primary amides is 1. The smallest absolute Gasteiger partial charge is 0.364 e. The molecule has 240 valence electrons. The average Bonchev–Trinajstić information content (AvgIpc) is 3.57. The zero-order valence-electron chi connectivity index (χ0n) is 23.5. The van der Waals surface area contributed by atoms with Gasteiger partial charge < -0.3 is 11.1 Å². The first-order chi connectivity index (χ1) is 20.8. The van der Waals surface area contributed by atoms with Crippen molar-refractivity contribution in [3.63, 3.8) is 0 Å². The Labute approximate surface area is 247 Å². The molecule has 0 radical (unpaired) electrons. The number of nitrogens with one attached hydrogen (secondary N) is 1. The molecule has 5 rings (SSSR count). The minimum absolute atomic E-state index is 0.0234. The normalized spacial score (nSPS) is 18.9. The molecule has 44 heavy (non-hydrogen) atoms. The van der Waals surface area contributed by atoms with Gasteiger partial charge in [-0.15, -0.1) is 0 Å². The molecule has 2 atom stereocenters. The molecule has 2 aliphatic rings. The Balaban J connectivity index is 1.49. The van der Waals surface area contributed by atoms with E-state index in [1.807, 2.05) is 0 Å². The number of nitrogens with two attached hydrogens (primary N) is 1. The van der Waals surface area contributed by atoms with Gasteiger partial charge in [0.05, 0.1) is 36.2 Å². The van der Waals surface area contributed by atoms with E-state index in [0.29, 0.717) is 16.9 Å². The summed E-state index contributed by atoms with van der Waals surface area (Å²) in [7, 11) is 0. The zero-order chi connectivity index (χ0) is 31.8. The van der Waals surface area contributed by atoms with Gasteiger partial charge in [-0.1, -0.05) is 0 Å². The SMILES string of the molecule is NC(=O)c1cc([C@H](c2cn3ncc([C@H](NC(=O)CCC(F)(F)F)C4CC4)cc3n2)C2CCC(F)(F)CC2)nn1C(CF)CF. The Morgan fingerprint density at radius 1 is 1.05 bits per heavy atom. The molecule has 0 aromatic carbocycles. The average molecular weight is 632 g/mol. The predicted octanol–water partition coefficient (Wildman–Crippen LogP) is 5.37. The number of fused-ring (bicyclic) bond motifs is 1. The summed E-state index contributed by atoms with van der Waals surface area (Å²) in [5.41, 5.74) is 6.66. The second kappa shape index (κ2) is 12.3. The number of halogens is 7. The number of aromatic nitrogens is 5. The van der Waals surface area contributed by atoms with Crippen molar-refractivity contribution in [2.45, 2.75) is 81.5 Å². The molecule has 0 spiro atoms. The summed E-state index contributed by atoms with van der Waals surface area (Å²) in [5.74, 6) is -5.69. The van der Waals surface area contributed by atoms with Crippen LogP contribution in [0, 0.1) is 11.8 Å². The van der Waals surface area contributed by atoms with Crippen LogP contribution in [-0.2, 0) is 4.79 Å². The third-order valence-electron chi connectivity index (χ3n) is 8.34. The molecule has 0 unspecified atom stereocenters.